The zero-order valence-corrected chi connectivity index (χ0v) is 12.8. The van der Waals surface area contributed by atoms with Crippen molar-refractivity contribution in [1.29, 1.82) is 0 Å². The third-order valence-electron chi connectivity index (χ3n) is 3.62. The van der Waals surface area contributed by atoms with E-state index in [1.54, 1.807) is 0 Å². The lowest BCUT2D eigenvalue weighted by Crippen LogP contribution is -2.31. The first kappa shape index (κ1) is 13.9. The highest BCUT2D eigenvalue weighted by atomic mass is 79.9. The summed E-state index contributed by atoms with van der Waals surface area (Å²) in [5, 5.41) is 3.41. The maximum atomic E-state index is 6.10. The van der Waals surface area contributed by atoms with E-state index in [4.69, 9.17) is 4.74 Å². The molecule has 1 aromatic carbocycles. The Labute approximate surface area is 118 Å². The Morgan fingerprint density at radius 2 is 2.22 bits per heavy atom. The van der Waals surface area contributed by atoms with Gasteiger partial charge in [-0.15, -0.1) is 0 Å². The largest absolute Gasteiger partial charge is 0.490 e. The van der Waals surface area contributed by atoms with Crippen LogP contribution in [0.5, 0.6) is 5.75 Å². The highest BCUT2D eigenvalue weighted by Gasteiger charge is 2.26. The molecule has 100 valence electrons. The van der Waals surface area contributed by atoms with Gasteiger partial charge in [0.1, 0.15) is 11.9 Å². The van der Waals surface area contributed by atoms with Crippen molar-refractivity contribution in [1.82, 2.24) is 5.32 Å². The van der Waals surface area contributed by atoms with Crippen molar-refractivity contribution in [3.8, 4) is 5.75 Å². The van der Waals surface area contributed by atoms with E-state index in [9.17, 15) is 0 Å². The standard InChI is InChI=1S/C15H22BrNO/c1-3-4-5-6-12-10-14(17-2)13-9-11(16)7-8-15(13)18-12/h7-9,12,14,17H,3-6,10H2,1-2H3. The molecule has 0 spiro atoms. The molecule has 0 fully saturated rings. The van der Waals surface area contributed by atoms with Gasteiger partial charge in [-0.3, -0.25) is 0 Å². The van der Waals surface area contributed by atoms with E-state index in [1.165, 1.54) is 31.2 Å². The summed E-state index contributed by atoms with van der Waals surface area (Å²) in [6.45, 7) is 2.24. The molecule has 2 rings (SSSR count). The minimum absolute atomic E-state index is 0.364. The van der Waals surface area contributed by atoms with Crippen LogP contribution in [0, 0.1) is 0 Å². The van der Waals surface area contributed by atoms with Gasteiger partial charge in [0.2, 0.25) is 0 Å². The number of nitrogens with one attached hydrogen (secondary N) is 1. The SMILES string of the molecule is CCCCCC1CC(NC)c2cc(Br)ccc2O1. The summed E-state index contributed by atoms with van der Waals surface area (Å²) in [4.78, 5) is 0. The predicted molar refractivity (Wildman–Crippen MR) is 79.1 cm³/mol. The quantitative estimate of drug-likeness (QED) is 0.812. The average molecular weight is 312 g/mol. The maximum Gasteiger partial charge on any atom is 0.124 e. The van der Waals surface area contributed by atoms with Gasteiger partial charge in [-0.25, -0.2) is 0 Å². The Bertz CT molecular complexity index is 394. The topological polar surface area (TPSA) is 21.3 Å². The molecular weight excluding hydrogens is 290 g/mol. The fourth-order valence-electron chi connectivity index (χ4n) is 2.59. The molecule has 2 unspecified atom stereocenters. The van der Waals surface area contributed by atoms with Crippen molar-refractivity contribution in [3.05, 3.63) is 28.2 Å². The van der Waals surface area contributed by atoms with Crippen LogP contribution in [0.2, 0.25) is 0 Å². The first-order chi connectivity index (χ1) is 8.74. The summed E-state index contributed by atoms with van der Waals surface area (Å²) >= 11 is 3.53. The fourth-order valence-corrected chi connectivity index (χ4v) is 2.97. The maximum absolute atomic E-state index is 6.10. The van der Waals surface area contributed by atoms with E-state index in [0.717, 1.165) is 16.6 Å². The number of ether oxygens (including phenoxy) is 1. The second-order valence-electron chi connectivity index (χ2n) is 4.99. The van der Waals surface area contributed by atoms with Crippen molar-refractivity contribution >= 4 is 15.9 Å². The summed E-state index contributed by atoms with van der Waals surface area (Å²) in [5.74, 6) is 1.05. The lowest BCUT2D eigenvalue weighted by Gasteiger charge is -2.32. The van der Waals surface area contributed by atoms with Crippen molar-refractivity contribution in [2.45, 2.75) is 51.2 Å². The summed E-state index contributed by atoms with van der Waals surface area (Å²) in [6.07, 6.45) is 6.44. The number of hydrogen-bond acceptors (Lipinski definition) is 2. The van der Waals surface area contributed by atoms with Gasteiger partial charge in [0.25, 0.3) is 0 Å². The molecule has 1 aliphatic rings. The van der Waals surface area contributed by atoms with Gasteiger partial charge in [0, 0.05) is 22.5 Å². The van der Waals surface area contributed by atoms with Gasteiger partial charge < -0.3 is 10.1 Å². The second kappa shape index (κ2) is 6.58. The normalized spacial score (nSPS) is 22.4. The summed E-state index contributed by atoms with van der Waals surface area (Å²) in [6, 6.07) is 6.71. The van der Waals surface area contributed by atoms with Gasteiger partial charge in [0.05, 0.1) is 0 Å². The van der Waals surface area contributed by atoms with Crippen molar-refractivity contribution in [2.75, 3.05) is 7.05 Å². The van der Waals surface area contributed by atoms with E-state index in [0.29, 0.717) is 12.1 Å². The third-order valence-corrected chi connectivity index (χ3v) is 4.11. The molecule has 2 nitrogen and oxygen atoms in total. The highest BCUT2D eigenvalue weighted by Crippen LogP contribution is 2.37. The number of halogens is 1. The van der Waals surface area contributed by atoms with E-state index < -0.39 is 0 Å². The van der Waals surface area contributed by atoms with Gasteiger partial charge in [-0.2, -0.15) is 0 Å². The first-order valence-electron chi connectivity index (χ1n) is 6.88. The molecular formula is C15H22BrNO. The zero-order chi connectivity index (χ0) is 13.0. The number of hydrogen-bond donors (Lipinski definition) is 1. The van der Waals surface area contributed by atoms with E-state index in [2.05, 4.69) is 46.4 Å². The molecule has 0 bridgehead atoms. The van der Waals surface area contributed by atoms with Crippen LogP contribution in [0.3, 0.4) is 0 Å². The molecule has 1 aromatic rings. The number of unbranched alkanes of at least 4 members (excludes halogenated alkanes) is 2. The smallest absolute Gasteiger partial charge is 0.124 e. The lowest BCUT2D eigenvalue weighted by atomic mass is 9.94. The van der Waals surface area contributed by atoms with Gasteiger partial charge in [-0.1, -0.05) is 35.7 Å². The summed E-state index contributed by atoms with van der Waals surface area (Å²) in [7, 11) is 2.03. The zero-order valence-electron chi connectivity index (χ0n) is 11.2. The molecule has 0 aromatic heterocycles. The molecule has 0 saturated carbocycles. The van der Waals surface area contributed by atoms with E-state index in [-0.39, 0.29) is 0 Å². The van der Waals surface area contributed by atoms with Crippen LogP contribution in [-0.4, -0.2) is 13.2 Å². The molecule has 0 radical (unpaired) electrons. The Balaban J connectivity index is 2.08. The van der Waals surface area contributed by atoms with Crippen LogP contribution in [0.1, 0.15) is 50.6 Å². The van der Waals surface area contributed by atoms with E-state index >= 15 is 0 Å². The van der Waals surface area contributed by atoms with Crippen LogP contribution < -0.4 is 10.1 Å². The number of fused-ring (bicyclic) bond motifs is 1. The summed E-state index contributed by atoms with van der Waals surface area (Å²) in [5.41, 5.74) is 1.28. The van der Waals surface area contributed by atoms with E-state index in [1.807, 2.05) is 7.05 Å². The minimum Gasteiger partial charge on any atom is -0.490 e. The van der Waals surface area contributed by atoms with Crippen molar-refractivity contribution in [3.63, 3.8) is 0 Å². The minimum atomic E-state index is 0.364. The van der Waals surface area contributed by atoms with Crippen LogP contribution >= 0.6 is 15.9 Å². The highest BCUT2D eigenvalue weighted by molar-refractivity contribution is 9.10. The van der Waals surface area contributed by atoms with Gasteiger partial charge in [0.15, 0.2) is 0 Å². The monoisotopic (exact) mass is 311 g/mol. The number of rotatable bonds is 5. The molecule has 1 N–H and O–H groups in total. The molecule has 1 aliphatic heterocycles. The second-order valence-corrected chi connectivity index (χ2v) is 5.91. The van der Waals surface area contributed by atoms with Crippen LogP contribution in [0.15, 0.2) is 22.7 Å². The Morgan fingerprint density at radius 1 is 1.39 bits per heavy atom. The predicted octanol–water partition coefficient (Wildman–Crippen LogP) is 4.44. The molecule has 2 atom stereocenters. The third kappa shape index (κ3) is 3.27. The molecule has 0 aliphatic carbocycles. The molecule has 0 saturated heterocycles. The first-order valence-corrected chi connectivity index (χ1v) is 7.67. The van der Waals surface area contributed by atoms with Crippen molar-refractivity contribution in [2.24, 2.45) is 0 Å². The Morgan fingerprint density at radius 3 is 2.94 bits per heavy atom. The Kier molecular flexibility index (Phi) is 5.07. The Hall–Kier alpha value is -0.540. The molecule has 18 heavy (non-hydrogen) atoms. The lowest BCUT2D eigenvalue weighted by molar-refractivity contribution is 0.140. The van der Waals surface area contributed by atoms with Crippen molar-refractivity contribution < 1.29 is 4.74 Å². The summed E-state index contributed by atoms with van der Waals surface area (Å²) < 4.78 is 7.22. The van der Waals surface area contributed by atoms with Gasteiger partial charge >= 0.3 is 0 Å². The van der Waals surface area contributed by atoms with Crippen LogP contribution in [0.25, 0.3) is 0 Å². The van der Waals surface area contributed by atoms with Crippen LogP contribution in [0.4, 0.5) is 0 Å². The molecule has 1 heterocycles. The molecule has 0 amide bonds. The number of benzene rings is 1. The van der Waals surface area contributed by atoms with Gasteiger partial charge in [-0.05, 0) is 38.1 Å². The van der Waals surface area contributed by atoms with Crippen LogP contribution in [-0.2, 0) is 0 Å². The fraction of sp³-hybridized carbons (Fsp3) is 0.600. The average Bonchev–Trinajstić information content (AvgIpc) is 2.38. The molecule has 3 heteroatoms.